The van der Waals surface area contributed by atoms with Crippen LogP contribution < -0.4 is 0 Å². The van der Waals surface area contributed by atoms with Crippen molar-refractivity contribution in [2.24, 2.45) is 0 Å². The summed E-state index contributed by atoms with van der Waals surface area (Å²) in [4.78, 5) is 34.5. The Kier molecular flexibility index (Phi) is 7.18. The van der Waals surface area contributed by atoms with Gasteiger partial charge in [-0.2, -0.15) is 0 Å². The molecule has 6 nitrogen and oxygen atoms in total. The van der Waals surface area contributed by atoms with Gasteiger partial charge in [0.2, 0.25) is 0 Å². The molecule has 0 saturated heterocycles. The van der Waals surface area contributed by atoms with Crippen LogP contribution in [-0.2, 0) is 0 Å². The number of aromatic nitrogens is 5. The van der Waals surface area contributed by atoms with Crippen molar-refractivity contribution in [3.05, 3.63) is 169 Å². The largest absolute Gasteiger partial charge is 0.358 e. The molecule has 8 aromatic rings. The second-order valence-electron chi connectivity index (χ2n) is 13.2. The van der Waals surface area contributed by atoms with Gasteiger partial charge in [-0.1, -0.05) is 121 Å². The number of hydrogen-bond donors (Lipinski definition) is 3. The highest BCUT2D eigenvalue weighted by Gasteiger charge is 2.29. The van der Waals surface area contributed by atoms with Crippen molar-refractivity contribution in [3.63, 3.8) is 0 Å². The van der Waals surface area contributed by atoms with E-state index in [1.165, 1.54) is 0 Å². The highest BCUT2D eigenvalue weighted by Crippen LogP contribution is 2.47. The first-order valence-corrected chi connectivity index (χ1v) is 17.6. The fraction of sp³-hybridized carbons (Fsp3) is 0. The maximum Gasteiger partial charge on any atom is 0.166 e. The summed E-state index contributed by atoms with van der Waals surface area (Å²) in [5, 5.41) is 0. The van der Waals surface area contributed by atoms with E-state index in [4.69, 9.17) is 9.97 Å². The predicted octanol–water partition coefficient (Wildman–Crippen LogP) is 11.6. The van der Waals surface area contributed by atoms with Gasteiger partial charge in [0.1, 0.15) is 0 Å². The Bertz CT molecular complexity index is 2880. The van der Waals surface area contributed by atoms with E-state index in [1.54, 1.807) is 0 Å². The monoisotopic (exact) mass is 681 g/mol. The summed E-state index contributed by atoms with van der Waals surface area (Å²) in [6, 6.07) is 49.8. The van der Waals surface area contributed by atoms with Crippen LogP contribution in [0.2, 0.25) is 0 Å². The Morgan fingerprint density at radius 1 is 0.415 bits per heavy atom. The first-order chi connectivity index (χ1) is 26.2. The molecule has 6 heterocycles. The van der Waals surface area contributed by atoms with Gasteiger partial charge in [0.15, 0.2) is 6.29 Å². The van der Waals surface area contributed by atoms with Crippen molar-refractivity contribution >= 4 is 40.5 Å². The van der Waals surface area contributed by atoms with Crippen molar-refractivity contribution in [1.82, 2.24) is 24.9 Å². The molecular formula is C47H31N5O. The molecule has 0 amide bonds. The van der Waals surface area contributed by atoms with Gasteiger partial charge < -0.3 is 15.0 Å². The van der Waals surface area contributed by atoms with Crippen LogP contribution in [0.4, 0.5) is 0 Å². The van der Waals surface area contributed by atoms with Gasteiger partial charge >= 0.3 is 0 Å². The van der Waals surface area contributed by atoms with Crippen molar-refractivity contribution in [2.75, 3.05) is 0 Å². The summed E-state index contributed by atoms with van der Waals surface area (Å²) in [5.74, 6) is 0. The summed E-state index contributed by atoms with van der Waals surface area (Å²) in [6.07, 6.45) is 7.02. The van der Waals surface area contributed by atoms with Crippen LogP contribution in [0.5, 0.6) is 0 Å². The maximum atomic E-state index is 12.7. The van der Waals surface area contributed by atoms with Gasteiger partial charge in [-0.3, -0.25) is 4.79 Å². The smallest absolute Gasteiger partial charge is 0.166 e. The number of carbonyl (C=O) groups is 1. The molecule has 53 heavy (non-hydrogen) atoms. The van der Waals surface area contributed by atoms with E-state index in [1.807, 2.05) is 54.7 Å². The number of H-pyrrole nitrogens is 3. The number of carbonyl (C=O) groups excluding carboxylic acids is 1. The molecule has 4 aromatic carbocycles. The first kappa shape index (κ1) is 30.5. The number of aldehydes is 1. The molecule has 8 bridgehead atoms. The van der Waals surface area contributed by atoms with E-state index in [0.717, 1.165) is 107 Å². The van der Waals surface area contributed by atoms with Crippen LogP contribution >= 0.6 is 0 Å². The fourth-order valence-corrected chi connectivity index (χ4v) is 7.73. The zero-order valence-corrected chi connectivity index (χ0v) is 28.5. The third-order valence-corrected chi connectivity index (χ3v) is 10.1. The second-order valence-corrected chi connectivity index (χ2v) is 13.2. The van der Waals surface area contributed by atoms with E-state index in [9.17, 15) is 4.79 Å². The summed E-state index contributed by atoms with van der Waals surface area (Å²) in [7, 11) is 0. The van der Waals surface area contributed by atoms with Crippen LogP contribution in [-0.4, -0.2) is 31.2 Å². The summed E-state index contributed by atoms with van der Waals surface area (Å²) >= 11 is 0. The molecule has 4 aromatic heterocycles. The van der Waals surface area contributed by atoms with E-state index in [2.05, 4.69) is 124 Å². The van der Waals surface area contributed by atoms with Gasteiger partial charge in [0.05, 0.1) is 28.5 Å². The van der Waals surface area contributed by atoms with Gasteiger partial charge in [-0.25, -0.2) is 9.97 Å². The number of nitrogens with one attached hydrogen (secondary N) is 3. The van der Waals surface area contributed by atoms with Crippen molar-refractivity contribution in [2.45, 2.75) is 0 Å². The Morgan fingerprint density at radius 3 is 1.25 bits per heavy atom. The summed E-state index contributed by atoms with van der Waals surface area (Å²) in [6.45, 7) is 0. The van der Waals surface area contributed by atoms with Gasteiger partial charge in [0, 0.05) is 61.6 Å². The first-order valence-electron chi connectivity index (χ1n) is 17.6. The van der Waals surface area contributed by atoms with Gasteiger partial charge in [-0.15, -0.1) is 0 Å². The summed E-state index contributed by atoms with van der Waals surface area (Å²) < 4.78 is 0. The average Bonchev–Trinajstić information content (AvgIpc) is 4.07. The Balaban J connectivity index is 1.46. The van der Waals surface area contributed by atoms with Crippen LogP contribution in [0.25, 0.3) is 101 Å². The Hall–Kier alpha value is -7.31. The third kappa shape index (κ3) is 5.07. The highest BCUT2D eigenvalue weighted by atomic mass is 16.1. The molecule has 2 aliphatic rings. The Morgan fingerprint density at radius 2 is 0.811 bits per heavy atom. The molecule has 0 saturated carbocycles. The third-order valence-electron chi connectivity index (χ3n) is 10.1. The van der Waals surface area contributed by atoms with Crippen LogP contribution in [0.1, 0.15) is 21.9 Å². The van der Waals surface area contributed by atoms with Crippen LogP contribution in [0.15, 0.2) is 152 Å². The number of rotatable bonds is 5. The molecule has 0 aliphatic carbocycles. The quantitative estimate of drug-likeness (QED) is 0.158. The molecular weight excluding hydrogens is 651 g/mol. The predicted molar refractivity (Wildman–Crippen MR) is 216 cm³/mol. The molecule has 0 atom stereocenters. The number of benzene rings is 4. The molecule has 6 heteroatoms. The zero-order chi connectivity index (χ0) is 35.3. The van der Waals surface area contributed by atoms with Gasteiger partial charge in [-0.05, 0) is 58.7 Å². The van der Waals surface area contributed by atoms with E-state index < -0.39 is 0 Å². The van der Waals surface area contributed by atoms with Crippen molar-refractivity contribution in [1.29, 1.82) is 0 Å². The van der Waals surface area contributed by atoms with Crippen LogP contribution in [0, 0.1) is 0 Å². The highest BCUT2D eigenvalue weighted by molar-refractivity contribution is 6.08. The van der Waals surface area contributed by atoms with Crippen molar-refractivity contribution < 1.29 is 4.79 Å². The number of aromatic amines is 3. The minimum absolute atomic E-state index is 0.482. The average molecular weight is 682 g/mol. The minimum atomic E-state index is 0.482. The molecule has 250 valence electrons. The molecule has 2 aliphatic heterocycles. The SMILES string of the molecule is O=Cc1[nH]cc2c1-c1nc-2c(-c2ccccc2)c2ccc([nH]2)c(-c2ccccc2)c2nc(c(-c3ccccc3)c3ccc([nH]3)c1-c1ccccc1)C=C2. The normalized spacial score (nSPS) is 11.8. The molecule has 0 radical (unpaired) electrons. The maximum absolute atomic E-state index is 12.7. The fourth-order valence-electron chi connectivity index (χ4n) is 7.73. The lowest BCUT2D eigenvalue weighted by molar-refractivity contribution is 0.112. The number of fused-ring (bicyclic) bond motifs is 11. The van der Waals surface area contributed by atoms with Gasteiger partial charge in [0.25, 0.3) is 0 Å². The van der Waals surface area contributed by atoms with Crippen molar-refractivity contribution in [3.8, 4) is 67.0 Å². The zero-order valence-electron chi connectivity index (χ0n) is 28.5. The lowest BCUT2D eigenvalue weighted by Crippen LogP contribution is -1.90. The standard InChI is InChI=1S/C47H31N5O/c53-28-40-45-33(27-48-40)46-43(31-17-9-3-10-18-31)38-25-23-36(50-38)41(29-13-5-1-6-14-29)34-21-22-35(49-34)42(30-15-7-2-8-16-30)37-24-26-39(51-37)44(47(45)52-46)32-19-11-4-12-20-32/h1-28,48,50-51H. The Labute approximate surface area is 305 Å². The number of hydrogen-bond acceptors (Lipinski definition) is 3. The lowest BCUT2D eigenvalue weighted by atomic mass is 9.96. The topological polar surface area (TPSA) is 90.2 Å². The summed E-state index contributed by atoms with van der Waals surface area (Å²) in [5.41, 5.74) is 16.9. The molecule has 10 rings (SSSR count). The lowest BCUT2D eigenvalue weighted by Gasteiger charge is -2.07. The van der Waals surface area contributed by atoms with Crippen LogP contribution in [0.3, 0.4) is 0 Å². The molecule has 0 unspecified atom stereocenters. The minimum Gasteiger partial charge on any atom is -0.358 e. The second kappa shape index (κ2) is 12.5. The molecule has 3 N–H and O–H groups in total. The van der Waals surface area contributed by atoms with E-state index in [0.29, 0.717) is 5.69 Å². The van der Waals surface area contributed by atoms with E-state index >= 15 is 0 Å². The van der Waals surface area contributed by atoms with E-state index in [-0.39, 0.29) is 0 Å². The number of nitrogens with zero attached hydrogens (tertiary/aromatic N) is 2. The molecule has 0 fully saturated rings. The molecule has 0 spiro atoms.